The number of Topliss-reactive ketones (excluding diaryl/α,β-unsaturated/α-hetero) is 1. The average Bonchev–Trinajstić information content (AvgIpc) is 2.87. The number of carbonyl (C=O) groups excluding carboxylic acids is 1. The number of pyridine rings is 2. The first-order chi connectivity index (χ1) is 17.2. The monoisotopic (exact) mass is 558 g/mol. The zero-order valence-corrected chi connectivity index (χ0v) is 22.4. The standard InChI is InChI=1S/C27H22Cl4N4O/c1-15(17-11-23(30)26(32-13-17)34-21-7-3-19(28)4-8-21)25(36)16(2)18-12-24(31)27(33-14-18)35-22-9-5-20(29)6-10-22/h3-16H,1-2H3,(H,32,34)(H,33,35). The predicted molar refractivity (Wildman–Crippen MR) is 150 cm³/mol. The van der Waals surface area contributed by atoms with Gasteiger partial charge < -0.3 is 10.6 Å². The quantitative estimate of drug-likeness (QED) is 0.225. The number of hydrogen-bond acceptors (Lipinski definition) is 5. The summed E-state index contributed by atoms with van der Waals surface area (Å²) in [7, 11) is 0. The molecule has 2 unspecified atom stereocenters. The molecule has 0 saturated carbocycles. The summed E-state index contributed by atoms with van der Waals surface area (Å²) in [5.41, 5.74) is 3.05. The van der Waals surface area contributed by atoms with E-state index in [9.17, 15) is 4.79 Å². The normalized spacial score (nSPS) is 12.6. The summed E-state index contributed by atoms with van der Waals surface area (Å²) in [4.78, 5) is 22.1. The fraction of sp³-hybridized carbons (Fsp3) is 0.148. The second kappa shape index (κ2) is 11.5. The summed E-state index contributed by atoms with van der Waals surface area (Å²) < 4.78 is 0. The van der Waals surface area contributed by atoms with E-state index in [-0.39, 0.29) is 5.78 Å². The summed E-state index contributed by atoms with van der Waals surface area (Å²) in [6.45, 7) is 3.67. The maximum Gasteiger partial charge on any atom is 0.149 e. The van der Waals surface area contributed by atoms with Crippen molar-refractivity contribution < 1.29 is 4.79 Å². The van der Waals surface area contributed by atoms with Crippen LogP contribution in [0.4, 0.5) is 23.0 Å². The molecular formula is C27H22Cl4N4O. The number of aromatic nitrogens is 2. The Balaban J connectivity index is 1.45. The fourth-order valence-corrected chi connectivity index (χ4v) is 4.30. The Labute approximate surface area is 229 Å². The van der Waals surface area contributed by atoms with E-state index < -0.39 is 11.8 Å². The second-order valence-electron chi connectivity index (χ2n) is 8.31. The van der Waals surface area contributed by atoms with Crippen molar-refractivity contribution in [1.82, 2.24) is 9.97 Å². The zero-order valence-electron chi connectivity index (χ0n) is 19.4. The van der Waals surface area contributed by atoms with Gasteiger partial charge in [-0.05, 0) is 71.8 Å². The molecule has 2 atom stereocenters. The Morgan fingerprint density at radius 1 is 0.667 bits per heavy atom. The van der Waals surface area contributed by atoms with Gasteiger partial charge in [-0.15, -0.1) is 0 Å². The first kappa shape index (κ1) is 26.2. The van der Waals surface area contributed by atoms with Crippen molar-refractivity contribution in [2.75, 3.05) is 10.6 Å². The van der Waals surface area contributed by atoms with E-state index in [1.807, 2.05) is 38.1 Å². The number of rotatable bonds is 8. The van der Waals surface area contributed by atoms with Gasteiger partial charge in [0.05, 0.1) is 10.0 Å². The van der Waals surface area contributed by atoms with Gasteiger partial charge in [-0.25, -0.2) is 9.97 Å². The SMILES string of the molecule is CC(C(=O)C(C)c1cnc(Nc2ccc(Cl)cc2)c(Cl)c1)c1cnc(Nc2ccc(Cl)cc2)c(Cl)c1. The van der Waals surface area contributed by atoms with Crippen LogP contribution in [-0.2, 0) is 4.79 Å². The van der Waals surface area contributed by atoms with E-state index in [0.29, 0.717) is 31.7 Å². The zero-order chi connectivity index (χ0) is 25.8. The lowest BCUT2D eigenvalue weighted by Crippen LogP contribution is -2.17. The number of nitrogens with one attached hydrogen (secondary N) is 2. The van der Waals surface area contributed by atoms with Crippen LogP contribution in [0.2, 0.25) is 20.1 Å². The molecule has 5 nitrogen and oxygen atoms in total. The molecule has 9 heteroatoms. The number of anilines is 4. The van der Waals surface area contributed by atoms with Crippen molar-refractivity contribution in [3.05, 3.63) is 104 Å². The maximum absolute atomic E-state index is 13.3. The lowest BCUT2D eigenvalue weighted by atomic mass is 9.87. The molecule has 0 bridgehead atoms. The van der Waals surface area contributed by atoms with Crippen LogP contribution < -0.4 is 10.6 Å². The first-order valence-electron chi connectivity index (χ1n) is 11.1. The van der Waals surface area contributed by atoms with Gasteiger partial charge in [0.1, 0.15) is 17.4 Å². The van der Waals surface area contributed by atoms with Crippen LogP contribution in [0.5, 0.6) is 0 Å². The molecule has 2 N–H and O–H groups in total. The van der Waals surface area contributed by atoms with Gasteiger partial charge in [-0.3, -0.25) is 4.79 Å². The summed E-state index contributed by atoms with van der Waals surface area (Å²) in [5, 5.41) is 8.41. The van der Waals surface area contributed by atoms with E-state index in [1.54, 1.807) is 48.8 Å². The summed E-state index contributed by atoms with van der Waals surface area (Å²) >= 11 is 24.8. The number of hydrogen-bond donors (Lipinski definition) is 2. The third kappa shape index (κ3) is 6.29. The molecule has 2 heterocycles. The van der Waals surface area contributed by atoms with Gasteiger partial charge in [-0.2, -0.15) is 0 Å². The number of ketones is 1. The molecule has 36 heavy (non-hydrogen) atoms. The largest absolute Gasteiger partial charge is 0.339 e. The van der Waals surface area contributed by atoms with E-state index in [2.05, 4.69) is 20.6 Å². The van der Waals surface area contributed by atoms with E-state index in [1.165, 1.54) is 0 Å². The molecule has 4 aromatic rings. The highest BCUT2D eigenvalue weighted by Gasteiger charge is 2.25. The Morgan fingerprint density at radius 3 is 1.36 bits per heavy atom. The Hall–Kier alpha value is -2.83. The number of carbonyl (C=O) groups is 1. The molecule has 0 aliphatic rings. The summed E-state index contributed by atoms with van der Waals surface area (Å²) in [5.74, 6) is 0.133. The minimum absolute atomic E-state index is 0.00236. The molecule has 0 aliphatic heterocycles. The third-order valence-corrected chi connectivity index (χ3v) is 6.87. The van der Waals surface area contributed by atoms with Crippen molar-refractivity contribution in [3.8, 4) is 0 Å². The molecule has 184 valence electrons. The fourth-order valence-electron chi connectivity index (χ4n) is 3.61. The van der Waals surface area contributed by atoms with Crippen LogP contribution in [0.1, 0.15) is 36.8 Å². The van der Waals surface area contributed by atoms with E-state index >= 15 is 0 Å². The summed E-state index contributed by atoms with van der Waals surface area (Å²) in [6.07, 6.45) is 3.31. The topological polar surface area (TPSA) is 66.9 Å². The Morgan fingerprint density at radius 2 is 1.03 bits per heavy atom. The lowest BCUT2D eigenvalue weighted by Gasteiger charge is -2.18. The van der Waals surface area contributed by atoms with E-state index in [4.69, 9.17) is 46.4 Å². The number of halogens is 4. The van der Waals surface area contributed by atoms with Crippen LogP contribution in [0.3, 0.4) is 0 Å². The van der Waals surface area contributed by atoms with Crippen LogP contribution in [-0.4, -0.2) is 15.8 Å². The van der Waals surface area contributed by atoms with Crippen LogP contribution in [0.25, 0.3) is 0 Å². The minimum Gasteiger partial charge on any atom is -0.339 e. The molecular weight excluding hydrogens is 538 g/mol. The smallest absolute Gasteiger partial charge is 0.149 e. The van der Waals surface area contributed by atoms with E-state index in [0.717, 1.165) is 22.5 Å². The molecule has 0 fully saturated rings. The van der Waals surface area contributed by atoms with Crippen molar-refractivity contribution >= 4 is 75.2 Å². The highest BCUT2D eigenvalue weighted by atomic mass is 35.5. The van der Waals surface area contributed by atoms with Crippen LogP contribution >= 0.6 is 46.4 Å². The van der Waals surface area contributed by atoms with Gasteiger partial charge in [-0.1, -0.05) is 60.3 Å². The maximum atomic E-state index is 13.3. The van der Waals surface area contributed by atoms with Gasteiger partial charge in [0, 0.05) is 45.6 Å². The first-order valence-corrected chi connectivity index (χ1v) is 12.6. The molecule has 2 aromatic heterocycles. The number of nitrogens with zero attached hydrogens (tertiary/aromatic N) is 2. The van der Waals surface area contributed by atoms with Crippen LogP contribution in [0.15, 0.2) is 73.1 Å². The number of benzene rings is 2. The average molecular weight is 560 g/mol. The lowest BCUT2D eigenvalue weighted by molar-refractivity contribution is -0.121. The van der Waals surface area contributed by atoms with Crippen molar-refractivity contribution in [1.29, 1.82) is 0 Å². The molecule has 0 spiro atoms. The molecule has 4 rings (SSSR count). The van der Waals surface area contributed by atoms with Crippen LogP contribution in [0, 0.1) is 0 Å². The Bertz CT molecular complexity index is 1270. The minimum atomic E-state index is -0.430. The summed E-state index contributed by atoms with van der Waals surface area (Å²) in [6, 6.07) is 17.9. The Kier molecular flexibility index (Phi) is 8.37. The molecule has 0 amide bonds. The van der Waals surface area contributed by atoms with Crippen molar-refractivity contribution in [2.24, 2.45) is 0 Å². The highest BCUT2D eigenvalue weighted by molar-refractivity contribution is 6.33. The highest BCUT2D eigenvalue weighted by Crippen LogP contribution is 2.33. The van der Waals surface area contributed by atoms with Gasteiger partial charge in [0.15, 0.2) is 0 Å². The molecule has 0 saturated heterocycles. The molecule has 2 aromatic carbocycles. The third-order valence-electron chi connectivity index (χ3n) is 5.79. The molecule has 0 radical (unpaired) electrons. The molecule has 0 aliphatic carbocycles. The predicted octanol–water partition coefficient (Wildman–Crippen LogP) is 9.05. The van der Waals surface area contributed by atoms with Gasteiger partial charge in [0.25, 0.3) is 0 Å². The van der Waals surface area contributed by atoms with Gasteiger partial charge in [0.2, 0.25) is 0 Å². The van der Waals surface area contributed by atoms with Gasteiger partial charge >= 0.3 is 0 Å². The van der Waals surface area contributed by atoms with Crippen molar-refractivity contribution in [2.45, 2.75) is 25.7 Å². The second-order valence-corrected chi connectivity index (χ2v) is 9.99. The van der Waals surface area contributed by atoms with Crippen molar-refractivity contribution in [3.63, 3.8) is 0 Å².